The number of nitrogens with one attached hydrogen (secondary N) is 1. The minimum absolute atomic E-state index is 0.709. The van der Waals surface area contributed by atoms with Gasteiger partial charge >= 0.3 is 0 Å². The normalized spacial score (nSPS) is 11.6. The van der Waals surface area contributed by atoms with Crippen LogP contribution in [0.2, 0.25) is 0 Å². The van der Waals surface area contributed by atoms with Crippen molar-refractivity contribution in [2.24, 2.45) is 10.7 Å². The molecule has 19 heavy (non-hydrogen) atoms. The molecule has 0 aliphatic carbocycles. The Balaban J connectivity index is 2.34. The molecule has 0 bridgehead atoms. The quantitative estimate of drug-likeness (QED) is 0.436. The lowest BCUT2D eigenvalue weighted by Crippen LogP contribution is -2.22. The molecule has 0 aliphatic rings. The number of aromatic nitrogens is 1. The third-order valence-corrected chi connectivity index (χ3v) is 3.43. The van der Waals surface area contributed by atoms with E-state index in [1.54, 1.807) is 24.2 Å². The molecule has 5 heteroatoms. The second kappa shape index (κ2) is 10.8. The molecule has 0 radical (unpaired) electrons. The van der Waals surface area contributed by atoms with Gasteiger partial charge < -0.3 is 11.1 Å². The third kappa shape index (κ3) is 7.85. The fourth-order valence-electron chi connectivity index (χ4n) is 1.58. The lowest BCUT2D eigenvalue weighted by atomic mass is 10.2. The first kappa shape index (κ1) is 16.0. The van der Waals surface area contributed by atoms with Crippen molar-refractivity contribution < 1.29 is 0 Å². The van der Waals surface area contributed by atoms with Gasteiger partial charge in [-0.2, -0.15) is 0 Å². The fraction of sp³-hybridized carbons (Fsp3) is 0.571. The van der Waals surface area contributed by atoms with Crippen LogP contribution in [0, 0.1) is 0 Å². The van der Waals surface area contributed by atoms with Crippen molar-refractivity contribution >= 4 is 16.9 Å². The maximum atomic E-state index is 5.48. The SMILES string of the molecule is CCSC(=NCc1ccncc1)NCCCCCN. The smallest absolute Gasteiger partial charge is 0.156 e. The molecule has 0 amide bonds. The van der Waals surface area contributed by atoms with E-state index in [-0.39, 0.29) is 0 Å². The Kier molecular flexibility index (Phi) is 9.10. The van der Waals surface area contributed by atoms with E-state index in [2.05, 4.69) is 22.2 Å². The standard InChI is InChI=1S/C14H24N4S/c1-2-19-14(17-9-5-3-4-8-15)18-12-13-6-10-16-11-7-13/h6-7,10-11H,2-5,8-9,12,15H2,1H3,(H,17,18). The van der Waals surface area contributed by atoms with E-state index in [4.69, 9.17) is 5.73 Å². The summed E-state index contributed by atoms with van der Waals surface area (Å²) in [6.45, 7) is 4.61. The molecule has 1 heterocycles. The summed E-state index contributed by atoms with van der Waals surface area (Å²) in [5.41, 5.74) is 6.67. The number of unbranched alkanes of at least 4 members (excludes halogenated alkanes) is 2. The van der Waals surface area contributed by atoms with Gasteiger partial charge in [-0.05, 0) is 42.8 Å². The Bertz CT molecular complexity index is 354. The molecule has 0 aliphatic heterocycles. The van der Waals surface area contributed by atoms with Crippen LogP contribution in [0.15, 0.2) is 29.5 Å². The Morgan fingerprint density at radius 3 is 2.79 bits per heavy atom. The first-order valence-electron chi connectivity index (χ1n) is 6.87. The van der Waals surface area contributed by atoms with E-state index >= 15 is 0 Å². The van der Waals surface area contributed by atoms with E-state index < -0.39 is 0 Å². The van der Waals surface area contributed by atoms with Gasteiger partial charge in [-0.3, -0.25) is 9.98 Å². The minimum Gasteiger partial charge on any atom is -0.365 e. The lowest BCUT2D eigenvalue weighted by molar-refractivity contribution is 0.672. The molecule has 3 N–H and O–H groups in total. The average Bonchev–Trinajstić information content (AvgIpc) is 2.45. The number of thioether (sulfide) groups is 1. The highest BCUT2D eigenvalue weighted by atomic mass is 32.2. The number of hydrogen-bond acceptors (Lipinski definition) is 4. The average molecular weight is 280 g/mol. The molecule has 0 unspecified atom stereocenters. The first-order chi connectivity index (χ1) is 9.36. The molecule has 0 saturated heterocycles. The zero-order chi connectivity index (χ0) is 13.8. The van der Waals surface area contributed by atoms with E-state index in [0.717, 1.165) is 36.9 Å². The maximum Gasteiger partial charge on any atom is 0.156 e. The van der Waals surface area contributed by atoms with Gasteiger partial charge in [-0.25, -0.2) is 0 Å². The lowest BCUT2D eigenvalue weighted by Gasteiger charge is -2.08. The second-order valence-electron chi connectivity index (χ2n) is 4.19. The maximum absolute atomic E-state index is 5.48. The van der Waals surface area contributed by atoms with Gasteiger partial charge in [-0.15, -0.1) is 0 Å². The molecule has 0 fully saturated rings. The van der Waals surface area contributed by atoms with Crippen molar-refractivity contribution in [2.75, 3.05) is 18.8 Å². The molecule has 0 atom stereocenters. The van der Waals surface area contributed by atoms with Gasteiger partial charge in [-0.1, -0.05) is 25.1 Å². The number of rotatable bonds is 8. The summed E-state index contributed by atoms with van der Waals surface area (Å²) in [4.78, 5) is 8.62. The number of pyridine rings is 1. The van der Waals surface area contributed by atoms with Gasteiger partial charge in [0.1, 0.15) is 0 Å². The van der Waals surface area contributed by atoms with Gasteiger partial charge in [0.05, 0.1) is 6.54 Å². The van der Waals surface area contributed by atoms with E-state index in [0.29, 0.717) is 6.54 Å². The van der Waals surface area contributed by atoms with Crippen LogP contribution in [0.3, 0.4) is 0 Å². The fourth-order valence-corrected chi connectivity index (χ4v) is 2.22. The zero-order valence-corrected chi connectivity index (χ0v) is 12.5. The van der Waals surface area contributed by atoms with Crippen LogP contribution in [-0.4, -0.2) is 29.0 Å². The van der Waals surface area contributed by atoms with Gasteiger partial charge in [0.2, 0.25) is 0 Å². The molecule has 106 valence electrons. The van der Waals surface area contributed by atoms with Crippen molar-refractivity contribution in [3.8, 4) is 0 Å². The molecule has 4 nitrogen and oxygen atoms in total. The summed E-state index contributed by atoms with van der Waals surface area (Å²) in [6.07, 6.45) is 7.04. The predicted octanol–water partition coefficient (Wildman–Crippen LogP) is 2.41. The van der Waals surface area contributed by atoms with Gasteiger partial charge in [0.25, 0.3) is 0 Å². The van der Waals surface area contributed by atoms with Crippen molar-refractivity contribution in [1.82, 2.24) is 10.3 Å². The Hall–Kier alpha value is -1.07. The topological polar surface area (TPSA) is 63.3 Å². The molecule has 0 aromatic carbocycles. The summed E-state index contributed by atoms with van der Waals surface area (Å²) < 4.78 is 0. The Labute approximate surface area is 120 Å². The van der Waals surface area contributed by atoms with Gasteiger partial charge in [0.15, 0.2) is 5.17 Å². The second-order valence-corrected chi connectivity index (χ2v) is 5.44. The van der Waals surface area contributed by atoms with Crippen LogP contribution in [0.1, 0.15) is 31.7 Å². The first-order valence-corrected chi connectivity index (χ1v) is 7.85. The molecule has 0 spiro atoms. The van der Waals surface area contributed by atoms with Gasteiger partial charge in [0, 0.05) is 18.9 Å². The highest BCUT2D eigenvalue weighted by Gasteiger charge is 1.98. The number of aliphatic imine (C=N–C) groups is 1. The molecular weight excluding hydrogens is 256 g/mol. The molecule has 1 aromatic heterocycles. The highest BCUT2D eigenvalue weighted by molar-refractivity contribution is 8.13. The van der Waals surface area contributed by atoms with Crippen LogP contribution in [0.5, 0.6) is 0 Å². The van der Waals surface area contributed by atoms with E-state index in [1.165, 1.54) is 12.0 Å². The monoisotopic (exact) mass is 280 g/mol. The van der Waals surface area contributed by atoms with Crippen molar-refractivity contribution in [3.05, 3.63) is 30.1 Å². The highest BCUT2D eigenvalue weighted by Crippen LogP contribution is 2.05. The van der Waals surface area contributed by atoms with Crippen molar-refractivity contribution in [3.63, 3.8) is 0 Å². The van der Waals surface area contributed by atoms with E-state index in [9.17, 15) is 0 Å². The van der Waals surface area contributed by atoms with Crippen LogP contribution in [0.4, 0.5) is 0 Å². The Morgan fingerprint density at radius 1 is 1.32 bits per heavy atom. The largest absolute Gasteiger partial charge is 0.365 e. The number of hydrogen-bond donors (Lipinski definition) is 2. The molecular formula is C14H24N4S. The Morgan fingerprint density at radius 2 is 2.11 bits per heavy atom. The summed E-state index contributed by atoms with van der Waals surface area (Å²) in [6, 6.07) is 4.00. The van der Waals surface area contributed by atoms with Crippen LogP contribution >= 0.6 is 11.8 Å². The van der Waals surface area contributed by atoms with Crippen molar-refractivity contribution in [1.29, 1.82) is 0 Å². The van der Waals surface area contributed by atoms with Crippen LogP contribution in [0.25, 0.3) is 0 Å². The summed E-state index contributed by atoms with van der Waals surface area (Å²) in [7, 11) is 0. The summed E-state index contributed by atoms with van der Waals surface area (Å²) >= 11 is 1.76. The van der Waals surface area contributed by atoms with Crippen molar-refractivity contribution in [2.45, 2.75) is 32.7 Å². The number of amidine groups is 1. The van der Waals surface area contributed by atoms with E-state index in [1.807, 2.05) is 12.1 Å². The summed E-state index contributed by atoms with van der Waals surface area (Å²) in [5, 5.41) is 4.44. The van der Waals surface area contributed by atoms with Crippen LogP contribution < -0.4 is 11.1 Å². The minimum atomic E-state index is 0.709. The zero-order valence-electron chi connectivity index (χ0n) is 11.6. The third-order valence-electron chi connectivity index (χ3n) is 2.59. The predicted molar refractivity (Wildman–Crippen MR) is 84.4 cm³/mol. The molecule has 1 aromatic rings. The summed E-state index contributed by atoms with van der Waals surface area (Å²) in [5.74, 6) is 1.03. The van der Waals surface area contributed by atoms with Crippen LogP contribution in [-0.2, 0) is 6.54 Å². The molecule has 0 saturated carbocycles. The molecule has 1 rings (SSSR count). The number of nitrogens with zero attached hydrogens (tertiary/aromatic N) is 2. The number of nitrogens with two attached hydrogens (primary N) is 1.